The molecule has 0 spiro atoms. The highest BCUT2D eigenvalue weighted by Crippen LogP contribution is 2.36. The van der Waals surface area contributed by atoms with Crippen LogP contribution >= 0.6 is 11.3 Å². The summed E-state index contributed by atoms with van der Waals surface area (Å²) in [5.41, 5.74) is 3.11. The van der Waals surface area contributed by atoms with Crippen LogP contribution < -0.4 is 4.90 Å². The smallest absolute Gasteiger partial charge is 0.345 e. The summed E-state index contributed by atoms with van der Waals surface area (Å²) in [6.07, 6.45) is -4.74. The molecular weight excluding hydrogens is 459 g/mol. The fourth-order valence-electron chi connectivity index (χ4n) is 3.75. The number of hydrogen-bond donors (Lipinski definition) is 0. The van der Waals surface area contributed by atoms with E-state index < -0.39 is 26.7 Å². The minimum atomic E-state index is -4.74. The van der Waals surface area contributed by atoms with Crippen molar-refractivity contribution in [1.82, 2.24) is 9.29 Å². The van der Waals surface area contributed by atoms with Gasteiger partial charge in [-0.1, -0.05) is 30.3 Å². The largest absolute Gasteiger partial charge is 0.417 e. The Morgan fingerprint density at radius 3 is 2.34 bits per heavy atom. The van der Waals surface area contributed by atoms with Crippen molar-refractivity contribution in [2.75, 3.05) is 31.1 Å². The van der Waals surface area contributed by atoms with Gasteiger partial charge in [0.25, 0.3) is 0 Å². The van der Waals surface area contributed by atoms with Crippen molar-refractivity contribution in [3.63, 3.8) is 0 Å². The minimum Gasteiger partial charge on any atom is -0.345 e. The molecule has 1 saturated heterocycles. The third-order valence-electron chi connectivity index (χ3n) is 5.69. The number of aromatic nitrogens is 1. The number of aryl methyl sites for hydroxylation is 1. The third kappa shape index (κ3) is 4.26. The Balaban J connectivity index is 1.51. The van der Waals surface area contributed by atoms with Crippen molar-refractivity contribution < 1.29 is 21.6 Å². The van der Waals surface area contributed by atoms with E-state index in [0.29, 0.717) is 13.1 Å². The van der Waals surface area contributed by atoms with Gasteiger partial charge in [-0.15, -0.1) is 11.3 Å². The molecular formula is C22H22F3N3O2S2. The first-order chi connectivity index (χ1) is 15.1. The molecule has 0 saturated carbocycles. The zero-order chi connectivity index (χ0) is 23.1. The number of benzene rings is 2. The Morgan fingerprint density at radius 1 is 0.969 bits per heavy atom. The van der Waals surface area contributed by atoms with Gasteiger partial charge in [0.1, 0.15) is 0 Å². The van der Waals surface area contributed by atoms with Gasteiger partial charge < -0.3 is 4.90 Å². The van der Waals surface area contributed by atoms with Crippen LogP contribution in [0, 0.1) is 13.8 Å². The van der Waals surface area contributed by atoms with Crippen molar-refractivity contribution in [1.29, 1.82) is 0 Å². The number of sulfonamides is 1. The number of anilines is 1. The second-order valence-corrected chi connectivity index (χ2v) is 10.4. The van der Waals surface area contributed by atoms with E-state index in [9.17, 15) is 21.6 Å². The SMILES string of the molecule is Cc1cccc(-c2csc(N3CCN(S(=O)(=O)c4ccccc4C(F)(F)F)CC3)n2)c1C. The van der Waals surface area contributed by atoms with Gasteiger partial charge in [-0.25, -0.2) is 13.4 Å². The van der Waals surface area contributed by atoms with Crippen LogP contribution in [0.25, 0.3) is 11.3 Å². The first-order valence-corrected chi connectivity index (χ1v) is 12.3. The average molecular weight is 482 g/mol. The number of alkyl halides is 3. The summed E-state index contributed by atoms with van der Waals surface area (Å²) < 4.78 is 67.0. The monoisotopic (exact) mass is 481 g/mol. The Labute approximate surface area is 189 Å². The molecule has 0 amide bonds. The molecule has 0 radical (unpaired) electrons. The van der Waals surface area contributed by atoms with Gasteiger partial charge in [-0.05, 0) is 37.1 Å². The summed E-state index contributed by atoms with van der Waals surface area (Å²) in [6, 6.07) is 10.4. The lowest BCUT2D eigenvalue weighted by Gasteiger charge is -2.34. The molecule has 170 valence electrons. The van der Waals surface area contributed by atoms with E-state index >= 15 is 0 Å². The highest BCUT2D eigenvalue weighted by molar-refractivity contribution is 7.89. The van der Waals surface area contributed by atoms with E-state index in [1.807, 2.05) is 42.3 Å². The van der Waals surface area contributed by atoms with Crippen LogP contribution in [0.15, 0.2) is 52.7 Å². The molecule has 1 aromatic heterocycles. The summed E-state index contributed by atoms with van der Waals surface area (Å²) >= 11 is 1.47. The minimum absolute atomic E-state index is 0.0902. The molecule has 1 fully saturated rings. The molecule has 1 aliphatic rings. The Kier molecular flexibility index (Phi) is 6.04. The van der Waals surface area contributed by atoms with Gasteiger partial charge >= 0.3 is 6.18 Å². The van der Waals surface area contributed by atoms with E-state index in [1.165, 1.54) is 29.0 Å². The molecule has 4 rings (SSSR count). The van der Waals surface area contributed by atoms with Gasteiger partial charge in [-0.2, -0.15) is 17.5 Å². The number of nitrogens with zero attached hydrogens (tertiary/aromatic N) is 3. The Hall–Kier alpha value is -2.43. The highest BCUT2D eigenvalue weighted by Gasteiger charge is 2.39. The molecule has 0 atom stereocenters. The lowest BCUT2D eigenvalue weighted by Crippen LogP contribution is -2.48. The van der Waals surface area contributed by atoms with Crippen molar-refractivity contribution in [2.24, 2.45) is 0 Å². The quantitative estimate of drug-likeness (QED) is 0.529. The van der Waals surface area contributed by atoms with E-state index in [0.717, 1.165) is 38.4 Å². The van der Waals surface area contributed by atoms with E-state index in [4.69, 9.17) is 4.98 Å². The topological polar surface area (TPSA) is 53.5 Å². The fraction of sp³-hybridized carbons (Fsp3) is 0.318. The summed E-state index contributed by atoms with van der Waals surface area (Å²) in [5, 5.41) is 2.74. The van der Waals surface area contributed by atoms with Crippen LogP contribution in [0.4, 0.5) is 18.3 Å². The van der Waals surface area contributed by atoms with Gasteiger partial charge in [0.2, 0.25) is 10.0 Å². The van der Waals surface area contributed by atoms with Crippen LogP contribution in [0.2, 0.25) is 0 Å². The lowest BCUT2D eigenvalue weighted by atomic mass is 10.0. The molecule has 3 aromatic rings. The first kappa shape index (κ1) is 22.8. The van der Waals surface area contributed by atoms with Gasteiger partial charge in [-0.3, -0.25) is 0 Å². The van der Waals surface area contributed by atoms with Gasteiger partial charge in [0.05, 0.1) is 16.2 Å². The molecule has 1 aliphatic heterocycles. The summed E-state index contributed by atoms with van der Waals surface area (Å²) in [5.74, 6) is 0. The Bertz CT molecular complexity index is 1230. The average Bonchev–Trinajstić information content (AvgIpc) is 3.25. The van der Waals surface area contributed by atoms with Crippen LogP contribution in [0.5, 0.6) is 0 Å². The predicted molar refractivity (Wildman–Crippen MR) is 119 cm³/mol. The summed E-state index contributed by atoms with van der Waals surface area (Å²) in [7, 11) is -4.26. The number of piperazine rings is 1. The molecule has 10 heteroatoms. The predicted octanol–water partition coefficient (Wildman–Crippen LogP) is 4.96. The zero-order valence-corrected chi connectivity index (χ0v) is 19.2. The van der Waals surface area contributed by atoms with E-state index in [1.54, 1.807) is 0 Å². The van der Waals surface area contributed by atoms with E-state index in [2.05, 4.69) is 0 Å². The molecule has 32 heavy (non-hydrogen) atoms. The second-order valence-electron chi connectivity index (χ2n) is 7.65. The lowest BCUT2D eigenvalue weighted by molar-refractivity contribution is -0.139. The maximum atomic E-state index is 13.3. The first-order valence-electron chi connectivity index (χ1n) is 10.0. The molecule has 0 aliphatic carbocycles. The zero-order valence-electron chi connectivity index (χ0n) is 17.6. The summed E-state index contributed by atoms with van der Waals surface area (Å²) in [6.45, 7) is 4.98. The molecule has 5 nitrogen and oxygen atoms in total. The molecule has 2 heterocycles. The van der Waals surface area contributed by atoms with Crippen molar-refractivity contribution >= 4 is 26.5 Å². The number of thiazole rings is 1. The number of rotatable bonds is 4. The maximum Gasteiger partial charge on any atom is 0.417 e. The molecule has 0 unspecified atom stereocenters. The number of halogens is 3. The highest BCUT2D eigenvalue weighted by atomic mass is 32.2. The van der Waals surface area contributed by atoms with Crippen LogP contribution in [-0.2, 0) is 16.2 Å². The van der Waals surface area contributed by atoms with Gasteiger partial charge in [0, 0.05) is 37.1 Å². The second kappa shape index (κ2) is 8.49. The molecule has 0 bridgehead atoms. The molecule has 0 N–H and O–H groups in total. The normalized spacial score (nSPS) is 15.8. The maximum absolute atomic E-state index is 13.3. The van der Waals surface area contributed by atoms with Gasteiger partial charge in [0.15, 0.2) is 5.13 Å². The summed E-state index contributed by atoms with van der Waals surface area (Å²) in [4.78, 5) is 6.00. The van der Waals surface area contributed by atoms with Crippen molar-refractivity contribution in [3.8, 4) is 11.3 Å². The van der Waals surface area contributed by atoms with Crippen molar-refractivity contribution in [2.45, 2.75) is 24.9 Å². The van der Waals surface area contributed by atoms with Crippen LogP contribution in [0.1, 0.15) is 16.7 Å². The van der Waals surface area contributed by atoms with Crippen LogP contribution in [0.3, 0.4) is 0 Å². The third-order valence-corrected chi connectivity index (χ3v) is 8.55. The van der Waals surface area contributed by atoms with E-state index in [-0.39, 0.29) is 13.1 Å². The standard InChI is InChI=1S/C22H22F3N3O2S2/c1-15-6-5-7-17(16(15)2)19-14-31-21(26-19)27-10-12-28(13-11-27)32(29,30)20-9-4-3-8-18(20)22(23,24)25/h3-9,14H,10-13H2,1-2H3. The fourth-order valence-corrected chi connectivity index (χ4v) is 6.26. The Morgan fingerprint density at radius 2 is 1.66 bits per heavy atom. The van der Waals surface area contributed by atoms with Crippen LogP contribution in [-0.4, -0.2) is 43.9 Å². The number of hydrogen-bond acceptors (Lipinski definition) is 5. The molecule has 2 aromatic carbocycles. The van der Waals surface area contributed by atoms with Crippen molar-refractivity contribution in [3.05, 3.63) is 64.5 Å².